The van der Waals surface area contributed by atoms with Crippen LogP contribution in [-0.4, -0.2) is 55.1 Å². The number of amides is 1. The van der Waals surface area contributed by atoms with E-state index in [-0.39, 0.29) is 12.5 Å². The number of rotatable bonds is 7. The summed E-state index contributed by atoms with van der Waals surface area (Å²) in [5, 5.41) is 0.911. The first-order chi connectivity index (χ1) is 15.3. The normalized spacial score (nSPS) is 16.9. The van der Waals surface area contributed by atoms with E-state index >= 15 is 0 Å². The highest BCUT2D eigenvalue weighted by atomic mass is 32.2. The van der Waals surface area contributed by atoms with Crippen molar-refractivity contribution in [3.05, 3.63) is 48.3 Å². The van der Waals surface area contributed by atoms with E-state index in [0.717, 1.165) is 65.7 Å². The molecule has 1 aromatic carbocycles. The smallest absolute Gasteiger partial charge is 0.219 e. The molecular weight excluding hydrogens is 428 g/mol. The van der Waals surface area contributed by atoms with E-state index in [0.29, 0.717) is 12.5 Å². The lowest BCUT2D eigenvalue weighted by Crippen LogP contribution is -2.40. The zero-order chi connectivity index (χ0) is 22.7. The lowest BCUT2D eigenvalue weighted by atomic mass is 9.99. The molecule has 0 spiro atoms. The van der Waals surface area contributed by atoms with Crippen molar-refractivity contribution in [2.75, 3.05) is 26.0 Å². The van der Waals surface area contributed by atoms with Crippen molar-refractivity contribution in [3.63, 3.8) is 0 Å². The fourth-order valence-electron chi connectivity index (χ4n) is 4.09. The number of piperidine rings is 1. The Morgan fingerprint density at radius 1 is 1.28 bits per heavy atom. The summed E-state index contributed by atoms with van der Waals surface area (Å²) in [7, 11) is -3.24. The number of likely N-dealkylation sites (tertiary alicyclic amines) is 1. The van der Waals surface area contributed by atoms with Gasteiger partial charge in [-0.2, -0.15) is 0 Å². The summed E-state index contributed by atoms with van der Waals surface area (Å²) in [5.74, 6) is 1.18. The van der Waals surface area contributed by atoms with Crippen molar-refractivity contribution in [1.82, 2.24) is 19.6 Å². The summed E-state index contributed by atoms with van der Waals surface area (Å²) in [4.78, 5) is 21.2. The molecule has 4 rings (SSSR count). The van der Waals surface area contributed by atoms with Gasteiger partial charge >= 0.3 is 0 Å². The van der Waals surface area contributed by atoms with E-state index in [1.165, 1.54) is 0 Å². The largest absolute Gasteiger partial charge is 0.492 e. The molecular formula is C23H28N4O4S. The average molecular weight is 457 g/mol. The Kier molecular flexibility index (Phi) is 6.48. The van der Waals surface area contributed by atoms with E-state index in [1.807, 2.05) is 41.4 Å². The number of hydrogen-bond acceptors (Lipinski definition) is 5. The molecule has 2 N–H and O–H groups in total. The molecule has 0 unspecified atom stereocenters. The van der Waals surface area contributed by atoms with Gasteiger partial charge in [0.15, 0.2) is 0 Å². The Morgan fingerprint density at radius 2 is 2.06 bits per heavy atom. The van der Waals surface area contributed by atoms with Gasteiger partial charge in [-0.25, -0.2) is 18.1 Å². The summed E-state index contributed by atoms with van der Waals surface area (Å²) in [6, 6.07) is 9.61. The zero-order valence-electron chi connectivity index (χ0n) is 18.3. The number of nitrogens with one attached hydrogen (secondary N) is 2. The van der Waals surface area contributed by atoms with Crippen LogP contribution < -0.4 is 9.46 Å². The van der Waals surface area contributed by atoms with Gasteiger partial charge in [0.25, 0.3) is 0 Å². The summed E-state index contributed by atoms with van der Waals surface area (Å²) < 4.78 is 31.4. The molecule has 0 aliphatic carbocycles. The van der Waals surface area contributed by atoms with E-state index in [2.05, 4.69) is 14.7 Å². The molecule has 8 nitrogen and oxygen atoms in total. The van der Waals surface area contributed by atoms with E-state index in [4.69, 9.17) is 4.74 Å². The van der Waals surface area contributed by atoms with Gasteiger partial charge in [-0.15, -0.1) is 0 Å². The number of nitrogens with zero attached hydrogens (tertiary/aromatic N) is 2. The van der Waals surface area contributed by atoms with Crippen LogP contribution in [0.15, 0.2) is 42.7 Å². The third-order valence-electron chi connectivity index (χ3n) is 5.78. The zero-order valence-corrected chi connectivity index (χ0v) is 19.1. The van der Waals surface area contributed by atoms with Gasteiger partial charge < -0.3 is 14.6 Å². The van der Waals surface area contributed by atoms with Crippen molar-refractivity contribution >= 4 is 27.0 Å². The number of carbonyl (C=O) groups excluding carboxylic acids is 1. The van der Waals surface area contributed by atoms with Crippen LogP contribution in [0.2, 0.25) is 0 Å². The first kappa shape index (κ1) is 22.3. The summed E-state index contributed by atoms with van der Waals surface area (Å²) >= 11 is 0. The molecule has 3 aromatic rings. The van der Waals surface area contributed by atoms with Crippen LogP contribution >= 0.6 is 0 Å². The number of carbonyl (C=O) groups is 1. The molecule has 0 bridgehead atoms. The van der Waals surface area contributed by atoms with Crippen LogP contribution in [0.25, 0.3) is 22.2 Å². The van der Waals surface area contributed by atoms with Gasteiger partial charge in [-0.3, -0.25) is 4.79 Å². The third-order valence-corrected chi connectivity index (χ3v) is 6.45. The molecule has 3 heterocycles. The lowest BCUT2D eigenvalue weighted by molar-refractivity contribution is -0.130. The van der Waals surface area contributed by atoms with Gasteiger partial charge in [-0.1, -0.05) is 24.3 Å². The molecule has 1 aliphatic rings. The highest BCUT2D eigenvalue weighted by molar-refractivity contribution is 7.88. The van der Waals surface area contributed by atoms with Crippen molar-refractivity contribution in [1.29, 1.82) is 0 Å². The fourth-order valence-corrected chi connectivity index (χ4v) is 4.51. The third kappa shape index (κ3) is 5.28. The van der Waals surface area contributed by atoms with Crippen LogP contribution in [0.4, 0.5) is 0 Å². The molecule has 1 aliphatic heterocycles. The van der Waals surface area contributed by atoms with Crippen molar-refractivity contribution < 1.29 is 17.9 Å². The van der Waals surface area contributed by atoms with Gasteiger partial charge in [0.1, 0.15) is 11.4 Å². The molecule has 2 aromatic heterocycles. The number of pyridine rings is 1. The van der Waals surface area contributed by atoms with Crippen LogP contribution in [0, 0.1) is 5.92 Å². The number of sulfonamides is 1. The second-order valence-electron chi connectivity index (χ2n) is 8.31. The number of aromatic amines is 1. The molecule has 0 radical (unpaired) electrons. The molecule has 1 atom stereocenters. The minimum atomic E-state index is -3.24. The van der Waals surface area contributed by atoms with Crippen LogP contribution in [-0.2, 0) is 21.4 Å². The van der Waals surface area contributed by atoms with Gasteiger partial charge in [0.2, 0.25) is 15.9 Å². The average Bonchev–Trinajstić information content (AvgIpc) is 3.21. The molecule has 32 heavy (non-hydrogen) atoms. The number of H-pyrrole nitrogens is 1. The maximum Gasteiger partial charge on any atom is 0.219 e. The van der Waals surface area contributed by atoms with Crippen molar-refractivity contribution in [2.45, 2.75) is 26.3 Å². The van der Waals surface area contributed by atoms with E-state index < -0.39 is 10.0 Å². The Labute approximate surface area is 188 Å². The Bertz CT molecular complexity index is 1200. The van der Waals surface area contributed by atoms with Crippen LogP contribution in [0.3, 0.4) is 0 Å². The van der Waals surface area contributed by atoms with Crippen molar-refractivity contribution in [3.8, 4) is 16.9 Å². The first-order valence-electron chi connectivity index (χ1n) is 10.7. The summed E-state index contributed by atoms with van der Waals surface area (Å²) in [6.45, 7) is 3.96. The number of hydrogen-bond donors (Lipinski definition) is 2. The fraction of sp³-hybridized carbons (Fsp3) is 0.391. The predicted octanol–water partition coefficient (Wildman–Crippen LogP) is 2.92. The quantitative estimate of drug-likeness (QED) is 0.569. The maximum atomic E-state index is 11.7. The topological polar surface area (TPSA) is 104 Å². The van der Waals surface area contributed by atoms with Crippen LogP contribution in [0.5, 0.6) is 5.75 Å². The van der Waals surface area contributed by atoms with Gasteiger partial charge in [0.05, 0.1) is 18.2 Å². The standard InChI is InChI=1S/C23H28N4O4S/c1-16(28)27-11-3-4-18(14-27)15-31-21-9-10-24-23-22(21)20(13-25-23)19-7-5-17(6-8-19)12-26-32(2,29)30/h5-10,13,18,26H,3-4,11-12,14-15H2,1-2H3,(H,24,25)/t18-/m1/s1. The Hall–Kier alpha value is -2.91. The Balaban J connectivity index is 1.52. The molecule has 1 fully saturated rings. The minimum Gasteiger partial charge on any atom is -0.492 e. The number of benzene rings is 1. The predicted molar refractivity (Wildman–Crippen MR) is 124 cm³/mol. The maximum absolute atomic E-state index is 11.7. The molecule has 1 saturated heterocycles. The SMILES string of the molecule is CC(=O)N1CCC[C@@H](COc2ccnc3[nH]cc(-c4ccc(CNS(C)(=O)=O)cc4)c23)C1. The summed E-state index contributed by atoms with van der Waals surface area (Å²) in [5.41, 5.74) is 3.58. The van der Waals surface area contributed by atoms with E-state index in [1.54, 1.807) is 13.1 Å². The highest BCUT2D eigenvalue weighted by Crippen LogP contribution is 2.35. The molecule has 1 amide bonds. The van der Waals surface area contributed by atoms with Gasteiger partial charge in [-0.05, 0) is 30.0 Å². The molecule has 0 saturated carbocycles. The summed E-state index contributed by atoms with van der Waals surface area (Å²) in [6.07, 6.45) is 6.82. The highest BCUT2D eigenvalue weighted by Gasteiger charge is 2.22. The van der Waals surface area contributed by atoms with Crippen molar-refractivity contribution in [2.24, 2.45) is 5.92 Å². The second-order valence-corrected chi connectivity index (χ2v) is 10.1. The van der Waals surface area contributed by atoms with E-state index in [9.17, 15) is 13.2 Å². The minimum absolute atomic E-state index is 0.115. The monoisotopic (exact) mass is 456 g/mol. The van der Waals surface area contributed by atoms with Crippen LogP contribution in [0.1, 0.15) is 25.3 Å². The number of ether oxygens (including phenoxy) is 1. The van der Waals surface area contributed by atoms with Gasteiger partial charge in [0, 0.05) is 50.4 Å². The molecule has 9 heteroatoms. The number of aromatic nitrogens is 2. The second kappa shape index (κ2) is 9.30. The Morgan fingerprint density at radius 3 is 2.78 bits per heavy atom. The first-order valence-corrected chi connectivity index (χ1v) is 12.6. The number of fused-ring (bicyclic) bond motifs is 1. The lowest BCUT2D eigenvalue weighted by Gasteiger charge is -2.31. The molecule has 170 valence electrons.